The van der Waals surface area contributed by atoms with Gasteiger partial charge in [0.25, 0.3) is 0 Å². The lowest BCUT2D eigenvalue weighted by Gasteiger charge is -2.32. The molecular weight excluding hydrogens is 469 g/mol. The van der Waals surface area contributed by atoms with Crippen LogP contribution in [0.2, 0.25) is 0 Å². The van der Waals surface area contributed by atoms with Gasteiger partial charge in [-0.1, -0.05) is 82.6 Å². The van der Waals surface area contributed by atoms with Gasteiger partial charge < -0.3 is 14.8 Å². The molecule has 0 fully saturated rings. The van der Waals surface area contributed by atoms with Gasteiger partial charge in [0.2, 0.25) is 0 Å². The second-order valence-electron chi connectivity index (χ2n) is 7.47. The number of hydrogen-bond donors (Lipinski definition) is 1. The number of hydrogen-bond acceptors (Lipinski definition) is 4. The van der Waals surface area contributed by atoms with Gasteiger partial charge in [0.15, 0.2) is 5.60 Å². The summed E-state index contributed by atoms with van der Waals surface area (Å²) in [6.07, 6.45) is 0.473. The lowest BCUT2D eigenvalue weighted by molar-refractivity contribution is -0.137. The maximum absolute atomic E-state index is 12.9. The summed E-state index contributed by atoms with van der Waals surface area (Å²) in [6, 6.07) is 21.8. The molecule has 1 unspecified atom stereocenters. The second-order valence-corrected chi connectivity index (χ2v) is 8.39. The molecule has 0 heterocycles. The van der Waals surface area contributed by atoms with Gasteiger partial charge in [-0.3, -0.25) is 0 Å². The summed E-state index contributed by atoms with van der Waals surface area (Å²) in [6.45, 7) is 3.50. The zero-order chi connectivity index (χ0) is 22.7. The summed E-state index contributed by atoms with van der Waals surface area (Å²) >= 11 is 3.57. The smallest absolute Gasteiger partial charge is 0.408 e. The predicted molar refractivity (Wildman–Crippen MR) is 130 cm³/mol. The molecule has 1 N–H and O–H groups in total. The maximum atomic E-state index is 12.9. The summed E-state index contributed by atoms with van der Waals surface area (Å²) in [7, 11) is 2.04. The van der Waals surface area contributed by atoms with Crippen LogP contribution in [0.4, 0.5) is 4.79 Å². The van der Waals surface area contributed by atoms with Gasteiger partial charge in [-0.2, -0.15) is 0 Å². The van der Waals surface area contributed by atoms with Crippen LogP contribution in [0, 0.1) is 0 Å². The van der Waals surface area contributed by atoms with Crippen molar-refractivity contribution in [3.63, 3.8) is 0 Å². The number of fused-ring (bicyclic) bond motifs is 3. The summed E-state index contributed by atoms with van der Waals surface area (Å²) in [4.78, 5) is 24.2. The Bertz CT molecular complexity index is 1140. The second kappa shape index (κ2) is 9.05. The van der Waals surface area contributed by atoms with Crippen molar-refractivity contribution in [2.24, 2.45) is 0 Å². The first kappa shape index (κ1) is 21.9. The molecule has 1 atom stereocenters. The quantitative estimate of drug-likeness (QED) is 0.249. The lowest BCUT2D eigenvalue weighted by Crippen LogP contribution is -2.39. The molecule has 7 heteroatoms. The van der Waals surface area contributed by atoms with E-state index in [-0.39, 0.29) is 13.2 Å². The fraction of sp³-hybridized carbons (Fsp3) is 0.120. The normalized spacial score (nSPS) is 15.9. The molecule has 0 saturated heterocycles. The van der Waals surface area contributed by atoms with Gasteiger partial charge in [0.05, 0.1) is 6.54 Å². The number of alkyl carbamates (subject to hydrolysis) is 1. The molecule has 0 bridgehead atoms. The molecule has 32 heavy (non-hydrogen) atoms. The Balaban J connectivity index is 1.76. The van der Waals surface area contributed by atoms with Crippen LogP contribution in [0.1, 0.15) is 16.7 Å². The SMILES string of the molecule is Bc1ccc2c(c1)-c1cc(Br)ccc1C2(OC(=O)NCCOC(=O)C=C)c1ccccc1. The van der Waals surface area contributed by atoms with E-state index in [0.29, 0.717) is 0 Å². The summed E-state index contributed by atoms with van der Waals surface area (Å²) in [5, 5.41) is 2.69. The number of carbonyl (C=O) groups is 2. The summed E-state index contributed by atoms with van der Waals surface area (Å²) in [5.74, 6) is -0.541. The highest BCUT2D eigenvalue weighted by molar-refractivity contribution is 9.10. The molecule has 4 rings (SSSR count). The van der Waals surface area contributed by atoms with Crippen molar-refractivity contribution in [3.8, 4) is 11.1 Å². The van der Waals surface area contributed by atoms with Crippen molar-refractivity contribution in [3.05, 3.63) is 101 Å². The minimum atomic E-state index is -1.11. The van der Waals surface area contributed by atoms with Crippen LogP contribution < -0.4 is 10.8 Å². The minimum absolute atomic E-state index is 0.0254. The Kier molecular flexibility index (Phi) is 6.19. The molecular formula is C25H21BBrNO4. The third kappa shape index (κ3) is 3.96. The van der Waals surface area contributed by atoms with Gasteiger partial charge >= 0.3 is 12.1 Å². The van der Waals surface area contributed by atoms with Crippen LogP contribution >= 0.6 is 15.9 Å². The molecule has 3 aromatic rings. The van der Waals surface area contributed by atoms with E-state index in [9.17, 15) is 9.59 Å². The van der Waals surface area contributed by atoms with E-state index in [0.717, 1.165) is 43.8 Å². The first-order valence-electron chi connectivity index (χ1n) is 10.2. The molecule has 1 aliphatic carbocycles. The van der Waals surface area contributed by atoms with E-state index in [1.54, 1.807) is 0 Å². The standard InChI is InChI=1S/C25H21BBrNO4/c1-2-23(29)31-13-12-28-24(30)32-25(16-6-4-3-5-7-16)21-10-8-17(26)14-19(21)20-15-18(27)9-11-22(20)25/h2-11,14-15H,1,12-13,26H2,(H,28,30). The first-order chi connectivity index (χ1) is 15.5. The highest BCUT2D eigenvalue weighted by Crippen LogP contribution is 2.53. The van der Waals surface area contributed by atoms with E-state index in [1.165, 1.54) is 0 Å². The third-order valence-electron chi connectivity index (χ3n) is 5.41. The van der Waals surface area contributed by atoms with Gasteiger partial charge in [-0.15, -0.1) is 0 Å². The van der Waals surface area contributed by atoms with Crippen LogP contribution in [-0.4, -0.2) is 33.1 Å². The van der Waals surface area contributed by atoms with Crippen molar-refractivity contribution in [2.45, 2.75) is 5.60 Å². The zero-order valence-electron chi connectivity index (χ0n) is 17.6. The zero-order valence-corrected chi connectivity index (χ0v) is 19.1. The Morgan fingerprint density at radius 1 is 1.03 bits per heavy atom. The fourth-order valence-corrected chi connectivity index (χ4v) is 4.43. The predicted octanol–water partition coefficient (Wildman–Crippen LogP) is 3.44. The van der Waals surface area contributed by atoms with Gasteiger partial charge in [0, 0.05) is 27.2 Å². The summed E-state index contributed by atoms with van der Waals surface area (Å²) in [5.41, 5.74) is 4.68. The van der Waals surface area contributed by atoms with Crippen molar-refractivity contribution in [1.82, 2.24) is 5.32 Å². The average molecular weight is 490 g/mol. The number of amides is 1. The van der Waals surface area contributed by atoms with Crippen molar-refractivity contribution < 1.29 is 19.1 Å². The molecule has 160 valence electrons. The largest absolute Gasteiger partial charge is 0.461 e. The monoisotopic (exact) mass is 489 g/mol. The molecule has 1 amide bonds. The summed E-state index contributed by atoms with van der Waals surface area (Å²) < 4.78 is 12.1. The number of ether oxygens (including phenoxy) is 2. The van der Waals surface area contributed by atoms with Crippen LogP contribution in [0.3, 0.4) is 0 Å². The number of rotatable bonds is 6. The highest BCUT2D eigenvalue weighted by Gasteiger charge is 2.48. The van der Waals surface area contributed by atoms with Crippen LogP contribution in [0.15, 0.2) is 83.9 Å². The van der Waals surface area contributed by atoms with Gasteiger partial charge in [0.1, 0.15) is 14.5 Å². The molecule has 3 aromatic carbocycles. The van der Waals surface area contributed by atoms with Crippen molar-refractivity contribution in [2.75, 3.05) is 13.2 Å². The van der Waals surface area contributed by atoms with Crippen LogP contribution in [0.25, 0.3) is 11.1 Å². The van der Waals surface area contributed by atoms with Crippen LogP contribution in [-0.2, 0) is 19.9 Å². The Morgan fingerprint density at radius 2 is 1.72 bits per heavy atom. The minimum Gasteiger partial charge on any atom is -0.461 e. The van der Waals surface area contributed by atoms with Crippen LogP contribution in [0.5, 0.6) is 0 Å². The number of benzene rings is 3. The molecule has 0 aromatic heterocycles. The first-order valence-corrected chi connectivity index (χ1v) is 11.0. The highest BCUT2D eigenvalue weighted by atomic mass is 79.9. The Morgan fingerprint density at radius 3 is 2.44 bits per heavy atom. The van der Waals surface area contributed by atoms with E-state index >= 15 is 0 Å². The van der Waals surface area contributed by atoms with Crippen molar-refractivity contribution >= 4 is 41.3 Å². The van der Waals surface area contributed by atoms with Gasteiger partial charge in [-0.25, -0.2) is 9.59 Å². The van der Waals surface area contributed by atoms with Gasteiger partial charge in [-0.05, 0) is 23.3 Å². The average Bonchev–Trinajstić information content (AvgIpc) is 3.06. The molecule has 0 aliphatic heterocycles. The number of esters is 1. The Labute approximate surface area is 196 Å². The Hall–Kier alpha value is -3.32. The molecule has 0 radical (unpaired) electrons. The third-order valence-corrected chi connectivity index (χ3v) is 5.91. The number of carbonyl (C=O) groups excluding carboxylic acids is 2. The molecule has 1 aliphatic rings. The fourth-order valence-electron chi connectivity index (χ4n) is 4.07. The van der Waals surface area contributed by atoms with E-state index in [1.807, 2.05) is 68.5 Å². The molecule has 5 nitrogen and oxygen atoms in total. The van der Waals surface area contributed by atoms with Crippen molar-refractivity contribution in [1.29, 1.82) is 0 Å². The van der Waals surface area contributed by atoms with E-state index < -0.39 is 17.7 Å². The topological polar surface area (TPSA) is 64.6 Å². The number of nitrogens with one attached hydrogen (secondary N) is 1. The molecule has 0 saturated carbocycles. The number of halogens is 1. The lowest BCUT2D eigenvalue weighted by atomic mass is 9.83. The molecule has 0 spiro atoms. The van der Waals surface area contributed by atoms with E-state index in [2.05, 4.69) is 33.9 Å². The maximum Gasteiger partial charge on any atom is 0.408 e. The van der Waals surface area contributed by atoms with E-state index in [4.69, 9.17) is 9.47 Å².